The molecule has 55 heavy (non-hydrogen) atoms. The second kappa shape index (κ2) is 18.3. The Kier molecular flexibility index (Phi) is 13.9. The summed E-state index contributed by atoms with van der Waals surface area (Å²) in [5.74, 6) is 1.09. The Balaban J connectivity index is 0.000000309. The van der Waals surface area contributed by atoms with E-state index >= 15 is 0 Å². The van der Waals surface area contributed by atoms with Crippen molar-refractivity contribution in [1.82, 2.24) is 9.97 Å². The minimum absolute atomic E-state index is 0. The fraction of sp³-hybridized carbons (Fsp3) is 0.521. The molecule has 2 aromatic heterocycles. The summed E-state index contributed by atoms with van der Waals surface area (Å²) in [7, 11) is -1.65. The van der Waals surface area contributed by atoms with Crippen LogP contribution >= 0.6 is 11.3 Å². The van der Waals surface area contributed by atoms with Crippen molar-refractivity contribution in [2.24, 2.45) is 40.9 Å². The molecule has 1 fully saturated rings. The number of allylic oxidation sites excluding steroid dienone is 2. The Hall–Kier alpha value is -2.70. The number of rotatable bonds is 10. The number of thiophene rings is 1. The average Bonchev–Trinajstić information content (AvgIpc) is 3.45. The van der Waals surface area contributed by atoms with Gasteiger partial charge < -0.3 is 5.11 Å². The normalized spacial score (nSPS) is 16.6. The molecule has 2 heterocycles. The van der Waals surface area contributed by atoms with Gasteiger partial charge in [0.05, 0.1) is 19.3 Å². The molecule has 0 unspecified atom stereocenters. The summed E-state index contributed by atoms with van der Waals surface area (Å²) < 4.78 is 19.8. The summed E-state index contributed by atoms with van der Waals surface area (Å²) in [5, 5.41) is 15.1. The van der Waals surface area contributed by atoms with Crippen LogP contribution in [0.2, 0.25) is 19.6 Å². The fourth-order valence-corrected chi connectivity index (χ4v) is 11.4. The fourth-order valence-electron chi connectivity index (χ4n) is 8.65. The molecule has 6 rings (SSSR count). The van der Waals surface area contributed by atoms with Crippen molar-refractivity contribution in [3.63, 3.8) is 0 Å². The van der Waals surface area contributed by atoms with Gasteiger partial charge in [-0.1, -0.05) is 130 Å². The van der Waals surface area contributed by atoms with Gasteiger partial charge in [-0.15, -0.1) is 40.1 Å². The van der Waals surface area contributed by atoms with Crippen LogP contribution in [0.1, 0.15) is 109 Å². The summed E-state index contributed by atoms with van der Waals surface area (Å²) in [6.07, 6.45) is 5.46. The van der Waals surface area contributed by atoms with Crippen LogP contribution in [0.3, 0.4) is 0 Å². The minimum Gasteiger partial charge on any atom is -0.512 e. The molecular weight excluding hydrogens is 889 g/mol. The van der Waals surface area contributed by atoms with E-state index in [1.807, 2.05) is 0 Å². The van der Waals surface area contributed by atoms with E-state index in [0.29, 0.717) is 29.1 Å². The molecule has 1 N–H and O–H groups in total. The number of carbonyl (C=O) groups is 1. The maximum absolute atomic E-state index is 12.3. The Bertz CT molecular complexity index is 2210. The molecule has 4 nitrogen and oxygen atoms in total. The first kappa shape index (κ1) is 41.9. The molecule has 7 heteroatoms. The number of ketones is 1. The summed E-state index contributed by atoms with van der Waals surface area (Å²) in [5.41, 5.74) is 3.99. The first-order valence-corrected chi connectivity index (χ1v) is 24.5. The standard InChI is InChI=1S/C31H33N2SSi.C17H32O2.Ir/c1-31(2)14-12-20(13-15-31)21-10-11-25-26(17-21)34-30-28(32-19-33-29(25)30)23-16-22-8-6-7-9-24(22)27(18-23)35(3,4)5;1-10(2)16(11(3)4)14(18)9-15(19)17(12(5)6)13(7)8;/h6-11,17-20H,12-15H2,1-5H3;9-13,16-18H,1-8H3;/q-1;;/b;14-9-;/i19D,20D;;. The molecule has 0 aliphatic heterocycles. The number of benzene rings is 3. The predicted octanol–water partition coefficient (Wildman–Crippen LogP) is 13.5. The first-order chi connectivity index (χ1) is 26.0. The number of hydrogen-bond donors (Lipinski definition) is 1. The number of aliphatic hydroxyl groups excluding tert-OH is 1. The number of aromatic nitrogens is 2. The van der Waals surface area contributed by atoms with Crippen molar-refractivity contribution < 1.29 is 32.7 Å². The van der Waals surface area contributed by atoms with Crippen LogP contribution in [0.5, 0.6) is 0 Å². The van der Waals surface area contributed by atoms with E-state index in [2.05, 4.69) is 153 Å². The molecule has 299 valence electrons. The third kappa shape index (κ3) is 10.4. The molecule has 0 spiro atoms. The van der Waals surface area contributed by atoms with Gasteiger partial charge in [0.1, 0.15) is 7.67 Å². The number of carbonyl (C=O) groups excluding carboxylic acids is 1. The van der Waals surface area contributed by atoms with Crippen molar-refractivity contribution in [2.75, 3.05) is 0 Å². The Morgan fingerprint density at radius 3 is 2.09 bits per heavy atom. The van der Waals surface area contributed by atoms with Gasteiger partial charge in [0.2, 0.25) is 0 Å². The monoisotopic (exact) mass is 956 g/mol. The van der Waals surface area contributed by atoms with E-state index in [0.717, 1.165) is 68.2 Å². The predicted molar refractivity (Wildman–Crippen MR) is 237 cm³/mol. The maximum atomic E-state index is 12.3. The van der Waals surface area contributed by atoms with E-state index in [1.165, 1.54) is 16.6 Å². The van der Waals surface area contributed by atoms with Gasteiger partial charge in [-0.25, -0.2) is 4.98 Å². The summed E-state index contributed by atoms with van der Waals surface area (Å²) in [6.45, 7) is 28.3. The molecule has 1 aliphatic rings. The molecule has 0 atom stereocenters. The van der Waals surface area contributed by atoms with E-state index < -0.39 is 14.0 Å². The van der Waals surface area contributed by atoms with Crippen LogP contribution in [0, 0.1) is 47.0 Å². The maximum Gasteiger partial charge on any atom is 0.162 e. The Labute approximate surface area is 353 Å². The van der Waals surface area contributed by atoms with Gasteiger partial charge in [-0.05, 0) is 72.3 Å². The van der Waals surface area contributed by atoms with Crippen molar-refractivity contribution >= 4 is 61.5 Å². The van der Waals surface area contributed by atoms with Crippen LogP contribution < -0.4 is 5.19 Å². The smallest absolute Gasteiger partial charge is 0.162 e. The first-order valence-electron chi connectivity index (χ1n) is 21.1. The van der Waals surface area contributed by atoms with E-state index in [4.69, 9.17) is 1.37 Å². The second-order valence-electron chi connectivity index (χ2n) is 18.8. The van der Waals surface area contributed by atoms with Gasteiger partial charge in [0.15, 0.2) is 5.78 Å². The largest absolute Gasteiger partial charge is 0.512 e. The molecule has 0 saturated heterocycles. The van der Waals surface area contributed by atoms with E-state index in [9.17, 15) is 11.3 Å². The Morgan fingerprint density at radius 1 is 0.909 bits per heavy atom. The van der Waals surface area contributed by atoms with Crippen molar-refractivity contribution in [1.29, 1.82) is 0 Å². The SMILES string of the molecule is CC(C)C(C(=O)/C=C(\O)C(C(C)C)C(C)C)C(C)C.[2H]c1nc(-c2[c-]c3ccccc3c([Si](C)(C)C)c2)c2sc3cc(C4([2H])CCC(C)(C)CC4)ccc3c2n1.[Ir]. The van der Waals surface area contributed by atoms with Gasteiger partial charge in [-0.2, -0.15) is 0 Å². The van der Waals surface area contributed by atoms with E-state index in [-0.39, 0.29) is 49.8 Å². The second-order valence-corrected chi connectivity index (χ2v) is 24.9. The molecule has 1 saturated carbocycles. The van der Waals surface area contributed by atoms with Crippen LogP contribution in [-0.2, 0) is 24.9 Å². The third-order valence-electron chi connectivity index (χ3n) is 11.5. The molecule has 0 amide bonds. The number of fused-ring (bicyclic) bond motifs is 4. The topological polar surface area (TPSA) is 63.1 Å². The zero-order valence-corrected chi connectivity index (χ0v) is 39.7. The summed E-state index contributed by atoms with van der Waals surface area (Å²) in [6, 6.07) is 20.8. The molecule has 5 aromatic rings. The van der Waals surface area contributed by atoms with Crippen molar-refractivity contribution in [3.05, 3.63) is 78.3 Å². The average molecular weight is 956 g/mol. The van der Waals surface area contributed by atoms with Crippen molar-refractivity contribution in [3.8, 4) is 11.3 Å². The van der Waals surface area contributed by atoms with Gasteiger partial charge in [0.25, 0.3) is 0 Å². The zero-order chi connectivity index (χ0) is 41.5. The minimum atomic E-state index is -1.65. The molecule has 3 aromatic carbocycles. The van der Waals surface area contributed by atoms with Crippen LogP contribution in [0.25, 0.3) is 42.3 Å². The van der Waals surface area contributed by atoms with Gasteiger partial charge in [0, 0.05) is 59.9 Å². The quantitative estimate of drug-likeness (QED) is 0.0656. The molecule has 1 aliphatic carbocycles. The third-order valence-corrected chi connectivity index (χ3v) is 14.7. The van der Waals surface area contributed by atoms with Crippen LogP contribution in [0.4, 0.5) is 0 Å². The van der Waals surface area contributed by atoms with Gasteiger partial charge >= 0.3 is 0 Å². The number of aliphatic hydroxyl groups is 1. The number of nitrogens with zero attached hydrogens (tertiary/aromatic N) is 2. The van der Waals surface area contributed by atoms with E-state index in [1.54, 1.807) is 11.3 Å². The molecule has 1 radical (unpaired) electrons. The molecular formula is C48H65IrN2O2SSi-. The number of hydrogen-bond acceptors (Lipinski definition) is 5. The molecule has 0 bridgehead atoms. The zero-order valence-electron chi connectivity index (χ0n) is 37.5. The van der Waals surface area contributed by atoms with Crippen LogP contribution in [-0.4, -0.2) is 28.9 Å². The summed E-state index contributed by atoms with van der Waals surface area (Å²) in [4.78, 5) is 21.6. The van der Waals surface area contributed by atoms with Gasteiger partial charge in [-0.3, -0.25) is 9.78 Å². The summed E-state index contributed by atoms with van der Waals surface area (Å²) >= 11 is 1.69. The van der Waals surface area contributed by atoms with Crippen LogP contribution in [0.15, 0.2) is 66.7 Å². The van der Waals surface area contributed by atoms with Crippen molar-refractivity contribution in [2.45, 2.75) is 120 Å². The Morgan fingerprint density at radius 2 is 1.51 bits per heavy atom.